The number of aromatic amines is 1. The first-order chi connectivity index (χ1) is 9.13. The molecule has 19 heavy (non-hydrogen) atoms. The third-order valence-electron chi connectivity index (χ3n) is 2.30. The number of thiazole rings is 1. The first-order valence-corrected chi connectivity index (χ1v) is 5.88. The molecule has 2 aromatic heterocycles. The van der Waals surface area contributed by atoms with Crippen molar-refractivity contribution in [3.8, 4) is 0 Å². The number of carbonyl (C=O) groups excluding carboxylic acids is 1. The lowest BCUT2D eigenvalue weighted by atomic mass is 10.3. The second kappa shape index (κ2) is 4.35. The Morgan fingerprint density at radius 2 is 2.11 bits per heavy atom. The van der Waals surface area contributed by atoms with Crippen LogP contribution in [-0.4, -0.2) is 26.3 Å². The average Bonchev–Trinajstić information content (AvgIpc) is 2.98. The lowest BCUT2D eigenvalue weighted by molar-refractivity contribution is 0.102. The summed E-state index contributed by atoms with van der Waals surface area (Å²) in [5, 5.41) is 12.1. The number of hydrogen-bond acceptors (Lipinski definition) is 5. The number of rotatable bonds is 2. The minimum atomic E-state index is -0.979. The minimum Gasteiger partial charge on any atom is -0.296 e. The Morgan fingerprint density at radius 1 is 1.32 bits per heavy atom. The van der Waals surface area contributed by atoms with Crippen LogP contribution in [0.4, 0.5) is 13.9 Å². The van der Waals surface area contributed by atoms with E-state index in [0.29, 0.717) is 4.70 Å². The van der Waals surface area contributed by atoms with Crippen LogP contribution in [0.5, 0.6) is 0 Å². The van der Waals surface area contributed by atoms with Crippen molar-refractivity contribution in [2.45, 2.75) is 0 Å². The zero-order valence-corrected chi connectivity index (χ0v) is 9.96. The van der Waals surface area contributed by atoms with Gasteiger partial charge in [0.2, 0.25) is 0 Å². The molecule has 3 rings (SSSR count). The molecule has 0 aliphatic rings. The van der Waals surface area contributed by atoms with Crippen LogP contribution in [0.1, 0.15) is 10.5 Å². The highest BCUT2D eigenvalue weighted by Crippen LogP contribution is 2.27. The summed E-state index contributed by atoms with van der Waals surface area (Å²) in [6, 6.07) is 2.01. The Labute approximate surface area is 108 Å². The van der Waals surface area contributed by atoms with Crippen molar-refractivity contribution in [1.29, 1.82) is 0 Å². The van der Waals surface area contributed by atoms with Crippen LogP contribution in [0.2, 0.25) is 0 Å². The Hall–Kier alpha value is -2.42. The summed E-state index contributed by atoms with van der Waals surface area (Å²) in [5.41, 5.74) is 0.371. The molecule has 3 aromatic rings. The summed E-state index contributed by atoms with van der Waals surface area (Å²) in [4.78, 5) is 15.7. The van der Waals surface area contributed by atoms with Crippen LogP contribution < -0.4 is 5.32 Å². The number of aromatic nitrogens is 4. The Kier molecular flexibility index (Phi) is 2.67. The summed E-state index contributed by atoms with van der Waals surface area (Å²) >= 11 is 1.04. The zero-order chi connectivity index (χ0) is 13.4. The van der Waals surface area contributed by atoms with E-state index >= 15 is 0 Å². The highest BCUT2D eigenvalue weighted by molar-refractivity contribution is 7.22. The molecule has 2 N–H and O–H groups in total. The molecular weight excluding hydrogens is 276 g/mol. The minimum absolute atomic E-state index is 0.0941. The molecule has 96 valence electrons. The van der Waals surface area contributed by atoms with Gasteiger partial charge in [-0.05, 0) is 6.07 Å². The van der Waals surface area contributed by atoms with E-state index in [1.165, 1.54) is 6.20 Å². The Morgan fingerprint density at radius 3 is 2.84 bits per heavy atom. The van der Waals surface area contributed by atoms with Crippen molar-refractivity contribution in [3.63, 3.8) is 0 Å². The molecular formula is C10H5F2N5OS. The van der Waals surface area contributed by atoms with E-state index in [1.807, 2.05) is 0 Å². The van der Waals surface area contributed by atoms with Gasteiger partial charge < -0.3 is 0 Å². The second-order valence-electron chi connectivity index (χ2n) is 3.56. The number of halogens is 2. The van der Waals surface area contributed by atoms with Crippen molar-refractivity contribution < 1.29 is 13.6 Å². The quantitative estimate of drug-likeness (QED) is 0.752. The van der Waals surface area contributed by atoms with Gasteiger partial charge in [0.15, 0.2) is 22.5 Å². The maximum absolute atomic E-state index is 13.0. The second-order valence-corrected chi connectivity index (χ2v) is 4.59. The highest BCUT2D eigenvalue weighted by atomic mass is 32.1. The number of fused-ring (bicyclic) bond motifs is 1. The lowest BCUT2D eigenvalue weighted by Gasteiger charge is -1.95. The molecule has 0 radical (unpaired) electrons. The summed E-state index contributed by atoms with van der Waals surface area (Å²) in [7, 11) is 0. The molecule has 0 unspecified atom stereocenters. The topological polar surface area (TPSA) is 83.6 Å². The monoisotopic (exact) mass is 281 g/mol. The van der Waals surface area contributed by atoms with Gasteiger partial charge in [-0.1, -0.05) is 11.3 Å². The third-order valence-corrected chi connectivity index (χ3v) is 3.23. The van der Waals surface area contributed by atoms with Crippen LogP contribution in [0.15, 0.2) is 18.3 Å². The molecule has 2 heterocycles. The van der Waals surface area contributed by atoms with Gasteiger partial charge >= 0.3 is 0 Å². The number of amides is 1. The first-order valence-electron chi connectivity index (χ1n) is 5.06. The number of nitrogens with zero attached hydrogens (tertiary/aromatic N) is 3. The standard InChI is InChI=1S/C10H5F2N5OS/c11-4-1-6-8(2-5(4)12)19-10(14-6)15-9(18)7-3-13-17-16-7/h1-3H,(H,13,16,17)(H,14,15,18). The number of benzene rings is 1. The van der Waals surface area contributed by atoms with Crippen LogP contribution in [0, 0.1) is 11.6 Å². The molecule has 0 spiro atoms. The normalized spacial score (nSPS) is 10.8. The predicted molar refractivity (Wildman–Crippen MR) is 63.9 cm³/mol. The van der Waals surface area contributed by atoms with E-state index in [-0.39, 0.29) is 16.3 Å². The average molecular weight is 281 g/mol. The van der Waals surface area contributed by atoms with Crippen LogP contribution in [0.3, 0.4) is 0 Å². The van der Waals surface area contributed by atoms with Gasteiger partial charge in [0.25, 0.3) is 5.91 Å². The van der Waals surface area contributed by atoms with Crippen LogP contribution in [0.25, 0.3) is 10.2 Å². The summed E-state index contributed by atoms with van der Waals surface area (Å²) in [6.45, 7) is 0. The van der Waals surface area contributed by atoms with Crippen molar-refractivity contribution in [1.82, 2.24) is 20.4 Å². The first kappa shape index (κ1) is 11.7. The molecule has 1 amide bonds. The molecule has 0 bridgehead atoms. The van der Waals surface area contributed by atoms with E-state index in [9.17, 15) is 13.6 Å². The Bertz CT molecular complexity index is 716. The largest absolute Gasteiger partial charge is 0.296 e. The van der Waals surface area contributed by atoms with Crippen LogP contribution >= 0.6 is 11.3 Å². The van der Waals surface area contributed by atoms with E-state index < -0.39 is 17.5 Å². The van der Waals surface area contributed by atoms with Crippen molar-refractivity contribution in [3.05, 3.63) is 35.7 Å². The lowest BCUT2D eigenvalue weighted by Crippen LogP contribution is -2.11. The van der Waals surface area contributed by atoms with Gasteiger partial charge in [0.1, 0.15) is 0 Å². The summed E-state index contributed by atoms with van der Waals surface area (Å²) in [5.74, 6) is -2.44. The van der Waals surface area contributed by atoms with Gasteiger partial charge in [0.05, 0.1) is 16.4 Å². The predicted octanol–water partition coefficient (Wildman–Crippen LogP) is 1.94. The SMILES string of the molecule is O=C(Nc1nc2cc(F)c(F)cc2s1)c1cn[nH]n1. The number of hydrogen-bond donors (Lipinski definition) is 2. The van der Waals surface area contributed by atoms with Gasteiger partial charge in [0, 0.05) is 6.07 Å². The highest BCUT2D eigenvalue weighted by Gasteiger charge is 2.13. The molecule has 0 saturated heterocycles. The van der Waals surface area contributed by atoms with Crippen molar-refractivity contribution in [2.24, 2.45) is 0 Å². The van der Waals surface area contributed by atoms with Gasteiger partial charge in [-0.2, -0.15) is 15.4 Å². The summed E-state index contributed by atoms with van der Waals surface area (Å²) in [6.07, 6.45) is 1.25. The molecule has 9 heteroatoms. The zero-order valence-electron chi connectivity index (χ0n) is 9.15. The number of nitrogens with one attached hydrogen (secondary N) is 2. The summed E-state index contributed by atoms with van der Waals surface area (Å²) < 4.78 is 26.5. The van der Waals surface area contributed by atoms with Gasteiger partial charge in [-0.25, -0.2) is 13.8 Å². The molecule has 0 atom stereocenters. The molecule has 0 aliphatic carbocycles. The third kappa shape index (κ3) is 2.15. The van der Waals surface area contributed by atoms with Crippen LogP contribution in [-0.2, 0) is 0 Å². The maximum atomic E-state index is 13.0. The van der Waals surface area contributed by atoms with Crippen molar-refractivity contribution >= 4 is 32.6 Å². The van der Waals surface area contributed by atoms with Crippen molar-refractivity contribution in [2.75, 3.05) is 5.32 Å². The smallest absolute Gasteiger partial charge is 0.279 e. The van der Waals surface area contributed by atoms with E-state index in [4.69, 9.17) is 0 Å². The molecule has 0 saturated carbocycles. The molecule has 0 fully saturated rings. The number of anilines is 1. The van der Waals surface area contributed by atoms with E-state index in [1.54, 1.807) is 0 Å². The van der Waals surface area contributed by atoms with Gasteiger partial charge in [-0.3, -0.25) is 10.1 Å². The molecule has 1 aromatic carbocycles. The van der Waals surface area contributed by atoms with E-state index in [0.717, 1.165) is 23.5 Å². The fourth-order valence-electron chi connectivity index (χ4n) is 1.45. The fraction of sp³-hybridized carbons (Fsp3) is 0. The Balaban J connectivity index is 1.92. The fourth-order valence-corrected chi connectivity index (χ4v) is 2.32. The van der Waals surface area contributed by atoms with Gasteiger partial charge in [-0.15, -0.1) is 0 Å². The van der Waals surface area contributed by atoms with E-state index in [2.05, 4.69) is 25.7 Å². The number of carbonyl (C=O) groups is 1. The molecule has 0 aliphatic heterocycles. The maximum Gasteiger partial charge on any atom is 0.279 e. The number of H-pyrrole nitrogens is 1. The molecule has 6 nitrogen and oxygen atoms in total.